The summed E-state index contributed by atoms with van der Waals surface area (Å²) in [5.41, 5.74) is -0.846. The lowest BCUT2D eigenvalue weighted by atomic mass is 9.99. The average Bonchev–Trinajstić information content (AvgIpc) is 2.80. The smallest absolute Gasteiger partial charge is 0.332 e. The van der Waals surface area contributed by atoms with E-state index in [-0.39, 0.29) is 13.0 Å². The molecule has 1 atom stereocenters. The standard InChI is InChI=1S/C11H13N3O4/c15-9(16)11(3-5-18-7-11)14-10(17)13-8-2-1-4-12-6-8/h1-2,4,6H,3,5,7H2,(H,15,16)(H2,13,14,17). The Labute approximate surface area is 103 Å². The molecule has 2 amide bonds. The van der Waals surface area contributed by atoms with Crippen LogP contribution in [0.2, 0.25) is 0 Å². The van der Waals surface area contributed by atoms with Gasteiger partial charge in [0.1, 0.15) is 0 Å². The van der Waals surface area contributed by atoms with Gasteiger partial charge in [0, 0.05) is 19.2 Å². The highest BCUT2D eigenvalue weighted by atomic mass is 16.5. The topological polar surface area (TPSA) is 101 Å². The number of aromatic nitrogens is 1. The molecule has 0 aliphatic carbocycles. The van der Waals surface area contributed by atoms with Crippen molar-refractivity contribution < 1.29 is 19.4 Å². The molecule has 7 heteroatoms. The van der Waals surface area contributed by atoms with E-state index < -0.39 is 17.5 Å². The predicted molar refractivity (Wildman–Crippen MR) is 62.2 cm³/mol. The Hall–Kier alpha value is -2.15. The molecule has 1 aromatic rings. The molecular formula is C11H13N3O4. The molecule has 96 valence electrons. The van der Waals surface area contributed by atoms with Crippen LogP contribution in [-0.2, 0) is 9.53 Å². The van der Waals surface area contributed by atoms with Crippen LogP contribution in [0.5, 0.6) is 0 Å². The number of urea groups is 1. The molecule has 18 heavy (non-hydrogen) atoms. The van der Waals surface area contributed by atoms with E-state index in [2.05, 4.69) is 15.6 Å². The van der Waals surface area contributed by atoms with Gasteiger partial charge in [-0.05, 0) is 12.1 Å². The van der Waals surface area contributed by atoms with E-state index in [1.807, 2.05) is 0 Å². The fourth-order valence-electron chi connectivity index (χ4n) is 1.70. The highest BCUT2D eigenvalue weighted by Gasteiger charge is 2.44. The molecule has 1 unspecified atom stereocenters. The SMILES string of the molecule is O=C(Nc1cccnc1)NC1(C(=O)O)CCOC1. The normalized spacial score (nSPS) is 22.4. The number of ether oxygens (including phenoxy) is 1. The summed E-state index contributed by atoms with van der Waals surface area (Å²) in [6, 6.07) is 2.74. The molecule has 3 N–H and O–H groups in total. The number of hydrogen-bond donors (Lipinski definition) is 3. The summed E-state index contributed by atoms with van der Waals surface area (Å²) >= 11 is 0. The first-order valence-corrected chi connectivity index (χ1v) is 5.43. The van der Waals surface area contributed by atoms with Crippen LogP contribution in [-0.4, -0.2) is 40.8 Å². The Kier molecular flexibility index (Phi) is 3.42. The number of amides is 2. The summed E-state index contributed by atoms with van der Waals surface area (Å²) in [6.07, 6.45) is 3.30. The van der Waals surface area contributed by atoms with Crippen LogP contribution in [0.3, 0.4) is 0 Å². The first-order chi connectivity index (χ1) is 8.62. The minimum Gasteiger partial charge on any atom is -0.479 e. The fraction of sp³-hybridized carbons (Fsp3) is 0.364. The van der Waals surface area contributed by atoms with Crippen LogP contribution in [0.15, 0.2) is 24.5 Å². The zero-order valence-electron chi connectivity index (χ0n) is 9.55. The van der Waals surface area contributed by atoms with Crippen molar-refractivity contribution in [3.8, 4) is 0 Å². The summed E-state index contributed by atoms with van der Waals surface area (Å²) < 4.78 is 5.04. The minimum atomic E-state index is -1.34. The number of pyridine rings is 1. The van der Waals surface area contributed by atoms with Crippen molar-refractivity contribution in [2.75, 3.05) is 18.5 Å². The van der Waals surface area contributed by atoms with E-state index >= 15 is 0 Å². The Morgan fingerprint density at radius 1 is 1.50 bits per heavy atom. The zero-order chi connectivity index (χ0) is 13.0. The molecule has 2 heterocycles. The Morgan fingerprint density at radius 3 is 2.89 bits per heavy atom. The molecule has 1 aliphatic heterocycles. The molecule has 1 saturated heterocycles. The lowest BCUT2D eigenvalue weighted by Gasteiger charge is -2.23. The van der Waals surface area contributed by atoms with E-state index in [9.17, 15) is 9.59 Å². The summed E-state index contributed by atoms with van der Waals surface area (Å²) in [6.45, 7) is 0.294. The van der Waals surface area contributed by atoms with Gasteiger partial charge in [0.05, 0.1) is 18.5 Å². The molecule has 7 nitrogen and oxygen atoms in total. The third kappa shape index (κ3) is 2.57. The molecular weight excluding hydrogens is 238 g/mol. The molecule has 1 fully saturated rings. The summed E-state index contributed by atoms with van der Waals surface area (Å²) in [7, 11) is 0. The number of rotatable bonds is 3. The second kappa shape index (κ2) is 5.01. The van der Waals surface area contributed by atoms with Gasteiger partial charge in [0.15, 0.2) is 5.54 Å². The molecule has 0 bridgehead atoms. The largest absolute Gasteiger partial charge is 0.479 e. The van der Waals surface area contributed by atoms with Crippen LogP contribution in [0.4, 0.5) is 10.5 Å². The Morgan fingerprint density at radius 2 is 2.33 bits per heavy atom. The average molecular weight is 251 g/mol. The second-order valence-corrected chi connectivity index (χ2v) is 4.01. The van der Waals surface area contributed by atoms with Gasteiger partial charge in [0.25, 0.3) is 0 Å². The van der Waals surface area contributed by atoms with E-state index in [1.165, 1.54) is 6.20 Å². The van der Waals surface area contributed by atoms with Crippen molar-refractivity contribution in [2.45, 2.75) is 12.0 Å². The highest BCUT2D eigenvalue weighted by molar-refractivity contribution is 5.94. The van der Waals surface area contributed by atoms with E-state index in [4.69, 9.17) is 9.84 Å². The van der Waals surface area contributed by atoms with Crippen LogP contribution in [0.25, 0.3) is 0 Å². The van der Waals surface area contributed by atoms with Crippen molar-refractivity contribution in [2.24, 2.45) is 0 Å². The lowest BCUT2D eigenvalue weighted by Crippen LogP contribution is -2.56. The summed E-state index contributed by atoms with van der Waals surface area (Å²) in [4.78, 5) is 26.7. The van der Waals surface area contributed by atoms with E-state index in [1.54, 1.807) is 18.3 Å². The van der Waals surface area contributed by atoms with Crippen molar-refractivity contribution in [1.82, 2.24) is 10.3 Å². The zero-order valence-corrected chi connectivity index (χ0v) is 9.55. The van der Waals surface area contributed by atoms with Crippen molar-refractivity contribution >= 4 is 17.7 Å². The third-order valence-corrected chi connectivity index (χ3v) is 2.70. The van der Waals surface area contributed by atoms with Gasteiger partial charge in [-0.15, -0.1) is 0 Å². The molecule has 1 aliphatic rings. The number of hydrogen-bond acceptors (Lipinski definition) is 4. The van der Waals surface area contributed by atoms with Crippen LogP contribution in [0.1, 0.15) is 6.42 Å². The molecule has 2 rings (SSSR count). The second-order valence-electron chi connectivity index (χ2n) is 4.01. The number of carbonyl (C=O) groups excluding carboxylic acids is 1. The minimum absolute atomic E-state index is 0.0250. The fourth-order valence-corrected chi connectivity index (χ4v) is 1.70. The maximum absolute atomic E-state index is 11.7. The lowest BCUT2D eigenvalue weighted by molar-refractivity contribution is -0.144. The van der Waals surface area contributed by atoms with Gasteiger partial charge in [-0.25, -0.2) is 9.59 Å². The van der Waals surface area contributed by atoms with E-state index in [0.717, 1.165) is 0 Å². The van der Waals surface area contributed by atoms with Gasteiger partial charge in [-0.1, -0.05) is 0 Å². The first-order valence-electron chi connectivity index (χ1n) is 5.43. The molecule has 0 saturated carbocycles. The van der Waals surface area contributed by atoms with Crippen LogP contribution < -0.4 is 10.6 Å². The number of nitrogens with zero attached hydrogens (tertiary/aromatic N) is 1. The number of carbonyl (C=O) groups is 2. The van der Waals surface area contributed by atoms with Gasteiger partial charge in [-0.2, -0.15) is 0 Å². The predicted octanol–water partition coefficient (Wildman–Crippen LogP) is 0.447. The highest BCUT2D eigenvalue weighted by Crippen LogP contribution is 2.19. The first kappa shape index (κ1) is 12.3. The van der Waals surface area contributed by atoms with Crippen molar-refractivity contribution in [3.63, 3.8) is 0 Å². The molecule has 0 radical (unpaired) electrons. The Bertz CT molecular complexity index is 443. The summed E-state index contributed by atoms with van der Waals surface area (Å²) in [5.74, 6) is -1.10. The van der Waals surface area contributed by atoms with Crippen molar-refractivity contribution in [1.29, 1.82) is 0 Å². The molecule has 0 spiro atoms. The molecule has 0 aromatic carbocycles. The summed E-state index contributed by atoms with van der Waals surface area (Å²) in [5, 5.41) is 14.1. The Balaban J connectivity index is 2.00. The number of aliphatic carboxylic acids is 1. The number of anilines is 1. The van der Waals surface area contributed by atoms with Gasteiger partial charge >= 0.3 is 12.0 Å². The monoisotopic (exact) mass is 251 g/mol. The number of carboxylic acids is 1. The van der Waals surface area contributed by atoms with Crippen LogP contribution in [0, 0.1) is 0 Å². The van der Waals surface area contributed by atoms with E-state index in [0.29, 0.717) is 12.3 Å². The molecule has 1 aromatic heterocycles. The third-order valence-electron chi connectivity index (χ3n) is 2.70. The van der Waals surface area contributed by atoms with Gasteiger partial charge in [0.2, 0.25) is 0 Å². The van der Waals surface area contributed by atoms with Gasteiger partial charge < -0.3 is 20.5 Å². The quantitative estimate of drug-likeness (QED) is 0.724. The van der Waals surface area contributed by atoms with Gasteiger partial charge in [-0.3, -0.25) is 4.98 Å². The number of nitrogens with one attached hydrogen (secondary N) is 2. The maximum Gasteiger partial charge on any atom is 0.332 e. The maximum atomic E-state index is 11.7. The van der Waals surface area contributed by atoms with Crippen molar-refractivity contribution in [3.05, 3.63) is 24.5 Å². The number of carboxylic acid groups (broad SMARTS) is 1. The van der Waals surface area contributed by atoms with Crippen LogP contribution >= 0.6 is 0 Å².